The number of imidazole rings is 1. The van der Waals surface area contributed by atoms with E-state index in [1.807, 2.05) is 19.3 Å². The van der Waals surface area contributed by atoms with Crippen LogP contribution in [0.4, 0.5) is 0 Å². The highest BCUT2D eigenvalue weighted by atomic mass is 127. The Morgan fingerprint density at radius 1 is 1.41 bits per heavy atom. The first-order valence-electron chi connectivity index (χ1n) is 9.92. The predicted molar refractivity (Wildman–Crippen MR) is 102 cm³/mol. The molecule has 0 saturated heterocycles. The van der Waals surface area contributed by atoms with Crippen LogP contribution >= 0.6 is 0 Å². The van der Waals surface area contributed by atoms with Crippen LogP contribution in [0.15, 0.2) is 18.5 Å². The van der Waals surface area contributed by atoms with Crippen LogP contribution in [0.25, 0.3) is 11.0 Å². The summed E-state index contributed by atoms with van der Waals surface area (Å²) in [7, 11) is 2.04. The largest absolute Gasteiger partial charge is 1.00 e. The number of carbonyl (C=O) groups excluding carboxylic acids is 1. The highest BCUT2D eigenvalue weighted by Gasteiger charge is 2.34. The standard InChI is InChI=1S/C21H32N3O2.HI/c1-6-20-23(5)17-9-10-22-12-18(17)24(20)13-21(25)26-19-11-15(4)7-8-16(19)14(2)3;/h9-10,12,14-16,19H,6-8,11,13H2,1-5H3;1H/q+1;/p-1/t15-,16+,19?;/m1./s1. The second-order valence-corrected chi connectivity index (χ2v) is 8.13. The van der Waals surface area contributed by atoms with Crippen molar-refractivity contribution in [2.75, 3.05) is 0 Å². The zero-order chi connectivity index (χ0) is 18.8. The average molecular weight is 485 g/mol. The van der Waals surface area contributed by atoms with Crippen LogP contribution < -0.4 is 28.5 Å². The SMILES string of the molecule is CCc1n(CC(=O)OC2C[C@H](C)CC[C@H]2C(C)C)c2cnccc2[n+]1C.[I-]. The Morgan fingerprint density at radius 2 is 2.15 bits per heavy atom. The van der Waals surface area contributed by atoms with Crippen LogP contribution in [-0.4, -0.2) is 21.6 Å². The van der Waals surface area contributed by atoms with Gasteiger partial charge in [0.25, 0.3) is 5.82 Å². The number of nitrogens with zero attached hydrogens (tertiary/aromatic N) is 3. The van der Waals surface area contributed by atoms with Gasteiger partial charge in [-0.05, 0) is 30.6 Å². The Hall–Kier alpha value is -1.18. The van der Waals surface area contributed by atoms with Gasteiger partial charge < -0.3 is 28.7 Å². The molecule has 1 unspecified atom stereocenters. The first-order chi connectivity index (χ1) is 12.4. The lowest BCUT2D eigenvalue weighted by atomic mass is 9.75. The van der Waals surface area contributed by atoms with E-state index < -0.39 is 0 Å². The van der Waals surface area contributed by atoms with Crippen molar-refractivity contribution < 1.29 is 38.1 Å². The predicted octanol–water partition coefficient (Wildman–Crippen LogP) is 0.431. The molecule has 0 radical (unpaired) electrons. The maximum Gasteiger partial charge on any atom is 0.348 e. The molecule has 1 aliphatic rings. The summed E-state index contributed by atoms with van der Waals surface area (Å²) in [5, 5.41) is 0. The molecular weight excluding hydrogens is 453 g/mol. The number of hydrogen-bond donors (Lipinski definition) is 0. The van der Waals surface area contributed by atoms with Gasteiger partial charge in [-0.25, -0.2) is 13.9 Å². The summed E-state index contributed by atoms with van der Waals surface area (Å²) in [5.41, 5.74) is 2.08. The molecule has 0 spiro atoms. The number of hydrogen-bond acceptors (Lipinski definition) is 3. The molecule has 2 aromatic rings. The Bertz CT molecular complexity index is 787. The van der Waals surface area contributed by atoms with Crippen molar-refractivity contribution in [3.05, 3.63) is 24.3 Å². The smallest absolute Gasteiger partial charge is 0.348 e. The van der Waals surface area contributed by atoms with Crippen LogP contribution in [0.3, 0.4) is 0 Å². The summed E-state index contributed by atoms with van der Waals surface area (Å²) in [4.78, 5) is 17.0. The molecule has 0 bridgehead atoms. The first kappa shape index (κ1) is 22.1. The van der Waals surface area contributed by atoms with E-state index in [9.17, 15) is 4.79 Å². The van der Waals surface area contributed by atoms with Gasteiger partial charge in [0.05, 0.1) is 13.2 Å². The van der Waals surface area contributed by atoms with Crippen LogP contribution in [0, 0.1) is 17.8 Å². The number of ether oxygens (including phenoxy) is 1. The minimum atomic E-state index is -0.134. The molecule has 0 amide bonds. The molecule has 1 aliphatic carbocycles. The van der Waals surface area contributed by atoms with Crippen molar-refractivity contribution >= 4 is 17.0 Å². The lowest BCUT2D eigenvalue weighted by Gasteiger charge is -2.36. The lowest BCUT2D eigenvalue weighted by molar-refractivity contribution is -0.653. The third kappa shape index (κ3) is 4.63. The van der Waals surface area contributed by atoms with Crippen molar-refractivity contribution in [1.29, 1.82) is 0 Å². The number of carbonyl (C=O) groups is 1. The molecule has 6 heteroatoms. The lowest BCUT2D eigenvalue weighted by Crippen LogP contribution is -3.00. The Balaban J connectivity index is 0.00000261. The molecule has 5 nitrogen and oxygen atoms in total. The third-order valence-corrected chi connectivity index (χ3v) is 5.98. The van der Waals surface area contributed by atoms with Gasteiger partial charge in [0.15, 0.2) is 17.6 Å². The van der Waals surface area contributed by atoms with Gasteiger partial charge >= 0.3 is 5.97 Å². The fourth-order valence-electron chi connectivity index (χ4n) is 4.52. The van der Waals surface area contributed by atoms with Crippen molar-refractivity contribution in [3.63, 3.8) is 0 Å². The molecule has 3 rings (SSSR count). The molecule has 27 heavy (non-hydrogen) atoms. The molecule has 1 fully saturated rings. The van der Waals surface area contributed by atoms with Gasteiger partial charge in [-0.1, -0.05) is 34.1 Å². The topological polar surface area (TPSA) is 48.0 Å². The average Bonchev–Trinajstić information content (AvgIpc) is 2.86. The fraction of sp³-hybridized carbons (Fsp3) is 0.667. The van der Waals surface area contributed by atoms with E-state index in [0.717, 1.165) is 36.1 Å². The van der Waals surface area contributed by atoms with Gasteiger partial charge in [0.2, 0.25) is 0 Å². The first-order valence-corrected chi connectivity index (χ1v) is 9.92. The molecule has 3 atom stereocenters. The fourth-order valence-corrected chi connectivity index (χ4v) is 4.52. The summed E-state index contributed by atoms with van der Waals surface area (Å²) in [6.07, 6.45) is 7.90. The Labute approximate surface area is 179 Å². The minimum Gasteiger partial charge on any atom is -1.00 e. The number of halogens is 1. The number of pyridine rings is 1. The molecule has 0 N–H and O–H groups in total. The quantitative estimate of drug-likeness (QED) is 0.351. The van der Waals surface area contributed by atoms with E-state index in [1.165, 1.54) is 6.42 Å². The van der Waals surface area contributed by atoms with Gasteiger partial charge in [0, 0.05) is 18.7 Å². The monoisotopic (exact) mass is 485 g/mol. The number of rotatable bonds is 5. The molecule has 1 saturated carbocycles. The van der Waals surface area contributed by atoms with Crippen LogP contribution in [0.2, 0.25) is 0 Å². The van der Waals surface area contributed by atoms with Gasteiger partial charge in [-0.3, -0.25) is 4.98 Å². The Kier molecular flexibility index (Phi) is 7.65. The number of fused-ring (bicyclic) bond motifs is 1. The zero-order valence-corrected chi connectivity index (χ0v) is 19.3. The van der Waals surface area contributed by atoms with Crippen LogP contribution in [-0.2, 0) is 29.5 Å². The molecule has 2 aromatic heterocycles. The highest BCUT2D eigenvalue weighted by Crippen LogP contribution is 2.35. The van der Waals surface area contributed by atoms with E-state index >= 15 is 0 Å². The zero-order valence-electron chi connectivity index (χ0n) is 17.1. The van der Waals surface area contributed by atoms with Crippen LogP contribution in [0.1, 0.15) is 52.8 Å². The second-order valence-electron chi connectivity index (χ2n) is 8.13. The number of aromatic nitrogens is 3. The second kappa shape index (κ2) is 9.34. The number of esters is 1. The maximum absolute atomic E-state index is 12.8. The molecule has 150 valence electrons. The maximum atomic E-state index is 12.8. The van der Waals surface area contributed by atoms with E-state index in [-0.39, 0.29) is 42.6 Å². The molecular formula is C21H32IN3O2. The summed E-state index contributed by atoms with van der Waals surface area (Å²) >= 11 is 0. The Morgan fingerprint density at radius 3 is 2.81 bits per heavy atom. The third-order valence-electron chi connectivity index (χ3n) is 5.98. The summed E-state index contributed by atoms with van der Waals surface area (Å²) in [5.74, 6) is 2.62. The molecule has 0 aliphatic heterocycles. The van der Waals surface area contributed by atoms with Crippen molar-refractivity contribution in [2.24, 2.45) is 24.8 Å². The van der Waals surface area contributed by atoms with Crippen LogP contribution in [0.5, 0.6) is 0 Å². The molecule has 2 heterocycles. The van der Waals surface area contributed by atoms with Crippen molar-refractivity contribution in [3.8, 4) is 0 Å². The van der Waals surface area contributed by atoms with E-state index in [2.05, 4.69) is 41.8 Å². The van der Waals surface area contributed by atoms with E-state index in [0.29, 0.717) is 17.8 Å². The van der Waals surface area contributed by atoms with Crippen molar-refractivity contribution in [1.82, 2.24) is 9.55 Å². The van der Waals surface area contributed by atoms with E-state index in [4.69, 9.17) is 4.74 Å². The number of aryl methyl sites for hydroxylation is 1. The van der Waals surface area contributed by atoms with Gasteiger partial charge in [0.1, 0.15) is 6.10 Å². The summed E-state index contributed by atoms with van der Waals surface area (Å²) < 4.78 is 10.2. The van der Waals surface area contributed by atoms with Crippen molar-refractivity contribution in [2.45, 2.75) is 66.0 Å². The summed E-state index contributed by atoms with van der Waals surface area (Å²) in [6, 6.07) is 1.99. The summed E-state index contributed by atoms with van der Waals surface area (Å²) in [6.45, 7) is 9.10. The van der Waals surface area contributed by atoms with Gasteiger partial charge in [-0.15, -0.1) is 0 Å². The van der Waals surface area contributed by atoms with E-state index in [1.54, 1.807) is 6.20 Å². The highest BCUT2D eigenvalue weighted by molar-refractivity contribution is 5.75. The normalized spacial score (nSPS) is 22.7. The van der Waals surface area contributed by atoms with Gasteiger partial charge in [-0.2, -0.15) is 0 Å². The molecule has 0 aromatic carbocycles. The minimum absolute atomic E-state index is 0.